The third-order valence-electron chi connectivity index (χ3n) is 11.0. The van der Waals surface area contributed by atoms with Crippen molar-refractivity contribution in [1.29, 1.82) is 0 Å². The summed E-state index contributed by atoms with van der Waals surface area (Å²) < 4.78 is 34.2. The van der Waals surface area contributed by atoms with Crippen molar-refractivity contribution in [2.24, 2.45) is 0 Å². The number of phosphoric acid groups is 1. The SMILES string of the molecule is CC/C=C\C/C=C\C/C=C\CCCCCCCCOCC(COP(=O)(O)OC1C(O)C(O)C(O)C(O)C1O)OC(=O)CCCCCCCCCCCCCCCCCCC. The van der Waals surface area contributed by atoms with Crippen LogP contribution in [0.2, 0.25) is 0 Å². The molecule has 1 rings (SSSR count). The predicted molar refractivity (Wildman–Crippen MR) is 239 cm³/mol. The van der Waals surface area contributed by atoms with Crippen molar-refractivity contribution in [2.45, 2.75) is 236 Å². The summed E-state index contributed by atoms with van der Waals surface area (Å²) in [5, 5.41) is 50.2. The Morgan fingerprint density at radius 1 is 0.550 bits per heavy atom. The molecule has 1 aliphatic carbocycles. The number of hydrogen-bond acceptors (Lipinski definition) is 11. The Morgan fingerprint density at radius 2 is 0.983 bits per heavy atom. The Hall–Kier alpha value is -1.44. The van der Waals surface area contributed by atoms with Crippen molar-refractivity contribution in [1.82, 2.24) is 0 Å². The average molecular weight is 875 g/mol. The summed E-state index contributed by atoms with van der Waals surface area (Å²) in [6.45, 7) is 4.14. The number of rotatable bonds is 40. The molecule has 1 fully saturated rings. The van der Waals surface area contributed by atoms with E-state index in [-0.39, 0.29) is 13.0 Å². The molecule has 0 aromatic carbocycles. The molecule has 0 saturated heterocycles. The van der Waals surface area contributed by atoms with Gasteiger partial charge in [-0.15, -0.1) is 0 Å². The van der Waals surface area contributed by atoms with Crippen molar-refractivity contribution in [3.8, 4) is 0 Å². The largest absolute Gasteiger partial charge is 0.472 e. The third kappa shape index (κ3) is 29.8. The lowest BCUT2D eigenvalue weighted by molar-refractivity contribution is -0.220. The summed E-state index contributed by atoms with van der Waals surface area (Å²) in [7, 11) is -5.02. The van der Waals surface area contributed by atoms with Crippen LogP contribution in [0.5, 0.6) is 0 Å². The molecule has 6 atom stereocenters. The van der Waals surface area contributed by atoms with Gasteiger partial charge in [-0.2, -0.15) is 0 Å². The molecular formula is C47H87O12P. The quantitative estimate of drug-likeness (QED) is 0.0148. The third-order valence-corrected chi connectivity index (χ3v) is 12.0. The van der Waals surface area contributed by atoms with Crippen LogP contribution in [0.25, 0.3) is 0 Å². The van der Waals surface area contributed by atoms with Crippen molar-refractivity contribution < 1.29 is 58.3 Å². The predicted octanol–water partition coefficient (Wildman–Crippen LogP) is 9.87. The van der Waals surface area contributed by atoms with Gasteiger partial charge in [0.15, 0.2) is 0 Å². The zero-order valence-electron chi connectivity index (χ0n) is 37.5. The van der Waals surface area contributed by atoms with Gasteiger partial charge in [0.05, 0.1) is 13.2 Å². The number of ether oxygens (including phenoxy) is 2. The van der Waals surface area contributed by atoms with E-state index in [2.05, 4.69) is 50.3 Å². The Labute approximate surface area is 363 Å². The molecule has 1 saturated carbocycles. The van der Waals surface area contributed by atoms with Gasteiger partial charge in [0.25, 0.3) is 0 Å². The Balaban J connectivity index is 2.38. The molecule has 0 aromatic heterocycles. The van der Waals surface area contributed by atoms with Gasteiger partial charge in [0.1, 0.15) is 42.7 Å². The smallest absolute Gasteiger partial charge is 0.457 e. The molecule has 0 aromatic rings. The first kappa shape index (κ1) is 56.6. The highest BCUT2D eigenvalue weighted by Crippen LogP contribution is 2.47. The zero-order valence-corrected chi connectivity index (χ0v) is 38.4. The fourth-order valence-corrected chi connectivity index (χ4v) is 8.23. The molecule has 0 radical (unpaired) electrons. The minimum atomic E-state index is -5.02. The highest BCUT2D eigenvalue weighted by Gasteiger charge is 2.51. The molecule has 0 amide bonds. The maximum absolute atomic E-state index is 12.8. The van der Waals surface area contributed by atoms with Crippen LogP contribution < -0.4 is 0 Å². The van der Waals surface area contributed by atoms with Gasteiger partial charge in [-0.25, -0.2) is 4.57 Å². The summed E-state index contributed by atoms with van der Waals surface area (Å²) in [6, 6.07) is 0. The van der Waals surface area contributed by atoms with Crippen LogP contribution in [0, 0.1) is 0 Å². The van der Waals surface area contributed by atoms with Crippen molar-refractivity contribution in [3.63, 3.8) is 0 Å². The van der Waals surface area contributed by atoms with Crippen molar-refractivity contribution in [2.75, 3.05) is 19.8 Å². The van der Waals surface area contributed by atoms with Crippen molar-refractivity contribution >= 4 is 13.8 Å². The number of carbonyl (C=O) groups excluding carboxylic acids is 1. The molecule has 60 heavy (non-hydrogen) atoms. The highest BCUT2D eigenvalue weighted by molar-refractivity contribution is 7.47. The molecule has 6 N–H and O–H groups in total. The van der Waals surface area contributed by atoms with Crippen LogP contribution in [0.15, 0.2) is 36.5 Å². The number of hydrogen-bond donors (Lipinski definition) is 6. The lowest BCUT2D eigenvalue weighted by Crippen LogP contribution is -2.64. The Morgan fingerprint density at radius 3 is 1.50 bits per heavy atom. The first-order chi connectivity index (χ1) is 29.0. The highest BCUT2D eigenvalue weighted by atomic mass is 31.2. The average Bonchev–Trinajstić information content (AvgIpc) is 3.23. The molecule has 12 nitrogen and oxygen atoms in total. The molecule has 13 heteroatoms. The maximum Gasteiger partial charge on any atom is 0.472 e. The van der Waals surface area contributed by atoms with E-state index in [4.69, 9.17) is 18.5 Å². The Kier molecular flexibility index (Phi) is 35.9. The fourth-order valence-electron chi connectivity index (χ4n) is 7.25. The summed E-state index contributed by atoms with van der Waals surface area (Å²) in [6.07, 6.45) is 32.1. The van der Waals surface area contributed by atoms with Crippen LogP contribution in [0.3, 0.4) is 0 Å². The topological polar surface area (TPSA) is 192 Å². The number of esters is 1. The second kappa shape index (κ2) is 38.1. The number of unbranched alkanes of at least 4 members (excludes halogenated alkanes) is 22. The van der Waals surface area contributed by atoms with Crippen LogP contribution in [-0.2, 0) is 27.9 Å². The standard InChI is InChI=1S/C47H87O12P/c1-3-5-7-9-11-13-15-17-19-21-22-24-26-28-30-32-34-36-41(48)58-40(39-57-60(54,55)59-47-45(52)43(50)42(49)44(51)46(47)53)38-56-37-35-33-31-29-27-25-23-20-18-16-14-12-10-8-6-4-2/h6,8,12,14,18,20,40,42-47,49-53H,3-5,7,9-11,13,15-17,19,21-39H2,1-2H3,(H,54,55)/b8-6-,14-12-,20-18-. The van der Waals surface area contributed by atoms with Crippen LogP contribution in [0.4, 0.5) is 0 Å². The van der Waals surface area contributed by atoms with E-state index in [0.29, 0.717) is 13.0 Å². The molecule has 1 aliphatic rings. The minimum absolute atomic E-state index is 0.0833. The first-order valence-corrected chi connectivity index (χ1v) is 25.3. The van der Waals surface area contributed by atoms with E-state index in [9.17, 15) is 39.8 Å². The van der Waals surface area contributed by atoms with Crippen LogP contribution in [-0.4, -0.2) is 98.9 Å². The monoisotopic (exact) mass is 875 g/mol. The summed E-state index contributed by atoms with van der Waals surface area (Å²) in [5.74, 6) is -0.480. The summed E-state index contributed by atoms with van der Waals surface area (Å²) >= 11 is 0. The number of phosphoric ester groups is 1. The molecule has 0 heterocycles. The van der Waals surface area contributed by atoms with Crippen LogP contribution >= 0.6 is 7.82 Å². The lowest BCUT2D eigenvalue weighted by Gasteiger charge is -2.41. The van der Waals surface area contributed by atoms with E-state index >= 15 is 0 Å². The van der Waals surface area contributed by atoms with Gasteiger partial charge in [-0.05, 0) is 44.9 Å². The van der Waals surface area contributed by atoms with Gasteiger partial charge in [-0.3, -0.25) is 13.8 Å². The van der Waals surface area contributed by atoms with E-state index in [1.54, 1.807) is 0 Å². The fraction of sp³-hybridized carbons (Fsp3) is 0.851. The van der Waals surface area contributed by atoms with Gasteiger partial charge in [0.2, 0.25) is 0 Å². The lowest BCUT2D eigenvalue weighted by atomic mass is 9.85. The molecule has 0 spiro atoms. The van der Waals surface area contributed by atoms with Gasteiger partial charge >= 0.3 is 13.8 Å². The van der Waals surface area contributed by atoms with E-state index < -0.39 is 63.1 Å². The van der Waals surface area contributed by atoms with Gasteiger partial charge in [-0.1, -0.05) is 179 Å². The molecular weight excluding hydrogens is 787 g/mol. The van der Waals surface area contributed by atoms with Gasteiger partial charge < -0.3 is 39.9 Å². The first-order valence-electron chi connectivity index (χ1n) is 23.8. The molecule has 352 valence electrons. The Bertz CT molecular complexity index is 1130. The number of aliphatic hydroxyl groups excluding tert-OH is 5. The van der Waals surface area contributed by atoms with E-state index in [0.717, 1.165) is 83.5 Å². The van der Waals surface area contributed by atoms with Crippen molar-refractivity contribution in [3.05, 3.63) is 36.5 Å². The second-order valence-electron chi connectivity index (χ2n) is 16.6. The molecule has 0 aliphatic heterocycles. The normalized spacial score (nSPS) is 22.6. The maximum atomic E-state index is 12.8. The van der Waals surface area contributed by atoms with Gasteiger partial charge in [0, 0.05) is 13.0 Å². The minimum Gasteiger partial charge on any atom is -0.457 e. The van der Waals surface area contributed by atoms with Crippen LogP contribution in [0.1, 0.15) is 194 Å². The van der Waals surface area contributed by atoms with E-state index in [1.165, 1.54) is 83.5 Å². The molecule has 0 bridgehead atoms. The summed E-state index contributed by atoms with van der Waals surface area (Å²) in [5.41, 5.74) is 0. The number of aliphatic hydroxyl groups is 5. The summed E-state index contributed by atoms with van der Waals surface area (Å²) in [4.78, 5) is 23.2. The number of allylic oxidation sites excluding steroid dienone is 6. The number of carbonyl (C=O) groups is 1. The second-order valence-corrected chi connectivity index (χ2v) is 18.0. The molecule has 6 unspecified atom stereocenters. The zero-order chi connectivity index (χ0) is 44.1. The van der Waals surface area contributed by atoms with E-state index in [1.807, 2.05) is 0 Å².